The molecule has 1 heterocycles. The van der Waals surface area contributed by atoms with Gasteiger partial charge < -0.3 is 29.7 Å². The van der Waals surface area contributed by atoms with E-state index in [-0.39, 0.29) is 12.5 Å². The topological polar surface area (TPSA) is 118 Å². The molecule has 0 spiro atoms. The number of rotatable bonds is 18. The van der Waals surface area contributed by atoms with Crippen molar-refractivity contribution < 1.29 is 34.0 Å². The molecule has 1 aliphatic heterocycles. The van der Waals surface area contributed by atoms with Gasteiger partial charge >= 0.3 is 11.9 Å². The highest BCUT2D eigenvalue weighted by Gasteiger charge is 2.34. The number of hydrogen-bond acceptors (Lipinski definition) is 7. The Balaban J connectivity index is 2.16. The number of piperazine rings is 1. The molecule has 0 saturated carbocycles. The van der Waals surface area contributed by atoms with E-state index in [1.165, 1.54) is 0 Å². The van der Waals surface area contributed by atoms with E-state index in [0.717, 1.165) is 57.2 Å². The Bertz CT molecular complexity index is 818. The van der Waals surface area contributed by atoms with Crippen LogP contribution in [0.2, 0.25) is 0 Å². The van der Waals surface area contributed by atoms with Crippen LogP contribution in [0.5, 0.6) is 17.2 Å². The standard InChI is InChI=1S/C27H44N2O7/c1-4-5-8-11-21(27(32)33)22-18-28-15-16-29(22)19-20-13-14-23(34-2)26(35-3)25(20)36-17-10-7-6-9-12-24(30)31/h13-14,21-22,28H,4-12,15-19H2,1-3H3,(H,30,31)(H,32,33). The van der Waals surface area contributed by atoms with E-state index in [1.54, 1.807) is 14.2 Å². The van der Waals surface area contributed by atoms with Crippen LogP contribution in [0.15, 0.2) is 12.1 Å². The van der Waals surface area contributed by atoms with Crippen LogP contribution in [0.25, 0.3) is 0 Å². The van der Waals surface area contributed by atoms with Crippen LogP contribution in [0.1, 0.15) is 70.3 Å². The highest BCUT2D eigenvalue weighted by atomic mass is 16.5. The van der Waals surface area contributed by atoms with E-state index in [1.807, 2.05) is 12.1 Å². The average molecular weight is 509 g/mol. The van der Waals surface area contributed by atoms with Crippen LogP contribution >= 0.6 is 0 Å². The molecular formula is C27H44N2O7. The van der Waals surface area contributed by atoms with Crippen molar-refractivity contribution in [2.75, 3.05) is 40.5 Å². The van der Waals surface area contributed by atoms with Gasteiger partial charge in [0.2, 0.25) is 5.75 Å². The summed E-state index contributed by atoms with van der Waals surface area (Å²) in [6.07, 6.45) is 7.06. The van der Waals surface area contributed by atoms with Gasteiger partial charge in [-0.05, 0) is 25.3 Å². The van der Waals surface area contributed by atoms with Crippen molar-refractivity contribution in [2.24, 2.45) is 5.92 Å². The second kappa shape index (κ2) is 16.3. The van der Waals surface area contributed by atoms with E-state index in [0.29, 0.717) is 49.8 Å². The maximum absolute atomic E-state index is 12.2. The molecule has 3 N–H and O–H groups in total. The third-order valence-electron chi connectivity index (χ3n) is 6.79. The first-order chi connectivity index (χ1) is 17.4. The molecule has 1 fully saturated rings. The molecule has 1 saturated heterocycles. The van der Waals surface area contributed by atoms with Crippen LogP contribution in [0.4, 0.5) is 0 Å². The van der Waals surface area contributed by atoms with Crippen molar-refractivity contribution in [3.05, 3.63) is 17.7 Å². The monoisotopic (exact) mass is 508 g/mol. The minimum Gasteiger partial charge on any atom is -0.493 e. The highest BCUT2D eigenvalue weighted by Crippen LogP contribution is 2.41. The largest absolute Gasteiger partial charge is 0.493 e. The summed E-state index contributed by atoms with van der Waals surface area (Å²) in [5.41, 5.74) is 0.933. The van der Waals surface area contributed by atoms with Crippen molar-refractivity contribution in [3.63, 3.8) is 0 Å². The molecule has 0 amide bonds. The van der Waals surface area contributed by atoms with E-state index >= 15 is 0 Å². The zero-order valence-corrected chi connectivity index (χ0v) is 22.1. The van der Waals surface area contributed by atoms with Crippen molar-refractivity contribution >= 4 is 11.9 Å². The van der Waals surface area contributed by atoms with Gasteiger partial charge in [0.15, 0.2) is 11.5 Å². The van der Waals surface area contributed by atoms with Crippen molar-refractivity contribution in [1.29, 1.82) is 0 Å². The molecule has 1 aromatic rings. The molecule has 1 aromatic carbocycles. The molecule has 0 aliphatic carbocycles. The van der Waals surface area contributed by atoms with Gasteiger partial charge in [0.25, 0.3) is 0 Å². The van der Waals surface area contributed by atoms with E-state index in [2.05, 4.69) is 17.1 Å². The lowest BCUT2D eigenvalue weighted by Crippen LogP contribution is -2.55. The molecule has 36 heavy (non-hydrogen) atoms. The lowest BCUT2D eigenvalue weighted by Gasteiger charge is -2.39. The first-order valence-electron chi connectivity index (χ1n) is 13.2. The molecule has 1 aliphatic rings. The van der Waals surface area contributed by atoms with E-state index in [9.17, 15) is 14.7 Å². The summed E-state index contributed by atoms with van der Waals surface area (Å²) in [5, 5.41) is 22.2. The van der Waals surface area contributed by atoms with Gasteiger partial charge in [-0.1, -0.05) is 45.1 Å². The Labute approximate surface area is 215 Å². The maximum Gasteiger partial charge on any atom is 0.308 e. The Kier molecular flexibility index (Phi) is 13.4. The first kappa shape index (κ1) is 29.7. The maximum atomic E-state index is 12.2. The summed E-state index contributed by atoms with van der Waals surface area (Å²) in [4.78, 5) is 25.1. The second-order valence-corrected chi connectivity index (χ2v) is 9.38. The van der Waals surface area contributed by atoms with Gasteiger partial charge in [0.1, 0.15) is 0 Å². The number of carboxylic acid groups (broad SMARTS) is 2. The third kappa shape index (κ3) is 9.17. The van der Waals surface area contributed by atoms with Crippen LogP contribution < -0.4 is 19.5 Å². The number of nitrogens with one attached hydrogen (secondary N) is 1. The lowest BCUT2D eigenvalue weighted by atomic mass is 9.90. The predicted molar refractivity (Wildman–Crippen MR) is 138 cm³/mol. The van der Waals surface area contributed by atoms with Crippen molar-refractivity contribution in [1.82, 2.24) is 10.2 Å². The van der Waals surface area contributed by atoms with Gasteiger partial charge in [-0.3, -0.25) is 14.5 Å². The fourth-order valence-corrected chi connectivity index (χ4v) is 4.80. The van der Waals surface area contributed by atoms with Gasteiger partial charge in [-0.15, -0.1) is 0 Å². The number of methoxy groups -OCH3 is 2. The number of carbonyl (C=O) groups is 2. The predicted octanol–water partition coefficient (Wildman–Crippen LogP) is 4.17. The molecule has 0 bridgehead atoms. The van der Waals surface area contributed by atoms with Crippen molar-refractivity contribution in [2.45, 2.75) is 77.3 Å². The number of ether oxygens (including phenoxy) is 3. The molecule has 204 valence electrons. The SMILES string of the molecule is CCCCCC(C(=O)O)C1CNCCN1Cc1ccc(OC)c(OC)c1OCCCCCCC(=O)O. The lowest BCUT2D eigenvalue weighted by molar-refractivity contribution is -0.145. The summed E-state index contributed by atoms with van der Waals surface area (Å²) >= 11 is 0. The second-order valence-electron chi connectivity index (χ2n) is 9.38. The smallest absolute Gasteiger partial charge is 0.308 e. The summed E-state index contributed by atoms with van der Waals surface area (Å²) in [5.74, 6) is -0.199. The first-order valence-corrected chi connectivity index (χ1v) is 13.2. The minimum atomic E-state index is -0.765. The van der Waals surface area contributed by atoms with Gasteiger partial charge in [-0.25, -0.2) is 0 Å². The van der Waals surface area contributed by atoms with Crippen LogP contribution in [-0.4, -0.2) is 73.6 Å². The molecule has 2 rings (SSSR count). The zero-order chi connectivity index (χ0) is 26.3. The van der Waals surface area contributed by atoms with Crippen molar-refractivity contribution in [3.8, 4) is 17.2 Å². The summed E-state index contributed by atoms with van der Waals surface area (Å²) in [7, 11) is 3.17. The fraction of sp³-hybridized carbons (Fsp3) is 0.704. The third-order valence-corrected chi connectivity index (χ3v) is 6.79. The Morgan fingerprint density at radius 3 is 2.50 bits per heavy atom. The van der Waals surface area contributed by atoms with Crippen LogP contribution in [0.3, 0.4) is 0 Å². The van der Waals surface area contributed by atoms with E-state index in [4.69, 9.17) is 19.3 Å². The van der Waals surface area contributed by atoms with Gasteiger partial charge in [0, 0.05) is 44.2 Å². The molecule has 0 radical (unpaired) electrons. The number of aliphatic carboxylic acids is 2. The summed E-state index contributed by atoms with van der Waals surface area (Å²) in [6, 6.07) is 3.72. The Hall–Kier alpha value is -2.52. The number of hydrogen-bond donors (Lipinski definition) is 3. The van der Waals surface area contributed by atoms with Gasteiger partial charge in [0.05, 0.1) is 26.7 Å². The molecular weight excluding hydrogens is 464 g/mol. The van der Waals surface area contributed by atoms with E-state index < -0.39 is 17.9 Å². The Morgan fingerprint density at radius 1 is 1.06 bits per heavy atom. The average Bonchev–Trinajstić information content (AvgIpc) is 2.86. The van der Waals surface area contributed by atoms with Gasteiger partial charge in [-0.2, -0.15) is 0 Å². The number of nitrogens with zero attached hydrogens (tertiary/aromatic N) is 1. The molecule has 0 aromatic heterocycles. The number of unbranched alkanes of at least 4 members (excludes halogenated alkanes) is 5. The zero-order valence-electron chi connectivity index (χ0n) is 22.1. The minimum absolute atomic E-state index is 0.108. The normalized spacial score (nSPS) is 16.9. The molecule has 9 heteroatoms. The summed E-state index contributed by atoms with van der Waals surface area (Å²) in [6.45, 7) is 5.35. The summed E-state index contributed by atoms with van der Waals surface area (Å²) < 4.78 is 17.4. The van der Waals surface area contributed by atoms with Crippen LogP contribution in [-0.2, 0) is 16.1 Å². The number of benzene rings is 1. The highest BCUT2D eigenvalue weighted by molar-refractivity contribution is 5.71. The molecule has 2 unspecified atom stereocenters. The molecule has 9 nitrogen and oxygen atoms in total. The van der Waals surface area contributed by atoms with Crippen LogP contribution in [0, 0.1) is 5.92 Å². The molecule has 2 atom stereocenters. The number of carboxylic acids is 2. The fourth-order valence-electron chi connectivity index (χ4n) is 4.80. The quantitative estimate of drug-likeness (QED) is 0.251. The Morgan fingerprint density at radius 2 is 1.83 bits per heavy atom.